The molecular formula is C22H25NO9. The van der Waals surface area contributed by atoms with Gasteiger partial charge in [-0.15, -0.1) is 0 Å². The van der Waals surface area contributed by atoms with E-state index in [0.29, 0.717) is 17.7 Å². The highest BCUT2D eigenvalue weighted by atomic mass is 16.5. The lowest BCUT2D eigenvalue weighted by Gasteiger charge is -2.23. The van der Waals surface area contributed by atoms with Crippen LogP contribution >= 0.6 is 0 Å². The monoisotopic (exact) mass is 447 g/mol. The van der Waals surface area contributed by atoms with Gasteiger partial charge in [0.15, 0.2) is 11.5 Å². The van der Waals surface area contributed by atoms with E-state index in [9.17, 15) is 19.5 Å². The Kier molecular flexibility index (Phi) is 6.92. The van der Waals surface area contributed by atoms with Gasteiger partial charge >= 0.3 is 11.6 Å². The minimum absolute atomic E-state index is 0.120. The molecule has 0 unspecified atom stereocenters. The van der Waals surface area contributed by atoms with Gasteiger partial charge in [0.1, 0.15) is 17.6 Å². The molecule has 1 aliphatic rings. The summed E-state index contributed by atoms with van der Waals surface area (Å²) in [4.78, 5) is 37.3. The summed E-state index contributed by atoms with van der Waals surface area (Å²) in [6, 6.07) is 3.74. The van der Waals surface area contributed by atoms with Gasteiger partial charge in [-0.3, -0.25) is 4.79 Å². The van der Waals surface area contributed by atoms with E-state index < -0.39 is 29.5 Å². The number of esters is 1. The van der Waals surface area contributed by atoms with Crippen molar-refractivity contribution in [3.05, 3.63) is 45.5 Å². The Morgan fingerprint density at radius 1 is 1.19 bits per heavy atom. The number of aryl methyl sites for hydroxylation is 1. The molecule has 1 amide bonds. The first-order valence-electron chi connectivity index (χ1n) is 9.89. The van der Waals surface area contributed by atoms with Gasteiger partial charge in [-0.25, -0.2) is 9.59 Å². The second-order valence-electron chi connectivity index (χ2n) is 7.20. The Bertz CT molecular complexity index is 1080. The number of carbonyl (C=O) groups is 2. The molecule has 10 nitrogen and oxygen atoms in total. The van der Waals surface area contributed by atoms with Gasteiger partial charge in [0.05, 0.1) is 33.5 Å². The number of nitrogens with one attached hydrogen (secondary N) is 1. The van der Waals surface area contributed by atoms with Crippen molar-refractivity contribution in [2.75, 3.05) is 27.9 Å². The predicted octanol–water partition coefficient (Wildman–Crippen LogP) is 1.63. The van der Waals surface area contributed by atoms with Gasteiger partial charge < -0.3 is 33.8 Å². The number of cyclic esters (lactones) is 1. The smallest absolute Gasteiger partial charge is 0.343 e. The first kappa shape index (κ1) is 23.0. The Morgan fingerprint density at radius 2 is 1.91 bits per heavy atom. The van der Waals surface area contributed by atoms with Crippen LogP contribution in [-0.4, -0.2) is 51.0 Å². The van der Waals surface area contributed by atoms with Gasteiger partial charge in [-0.1, -0.05) is 6.07 Å². The van der Waals surface area contributed by atoms with E-state index in [1.165, 1.54) is 34.3 Å². The third-order valence-corrected chi connectivity index (χ3v) is 5.21. The van der Waals surface area contributed by atoms with Crippen molar-refractivity contribution in [1.29, 1.82) is 0 Å². The highest BCUT2D eigenvalue weighted by Gasteiger charge is 2.33. The fourth-order valence-electron chi connectivity index (χ4n) is 3.76. The summed E-state index contributed by atoms with van der Waals surface area (Å²) < 4.78 is 26.3. The molecule has 0 saturated carbocycles. The SMILES string of the molecule is COc1ccc([C@@H](CC(=O)N[C@@H]2CCOC2=O)c2c(O)cc(C)oc2=O)c(OC)c1OC. The van der Waals surface area contributed by atoms with Crippen LogP contribution in [0, 0.1) is 6.92 Å². The third-order valence-electron chi connectivity index (χ3n) is 5.21. The number of aromatic hydroxyl groups is 1. The molecule has 2 heterocycles. The molecule has 1 aliphatic heterocycles. The van der Waals surface area contributed by atoms with Crippen LogP contribution in [0.25, 0.3) is 0 Å². The van der Waals surface area contributed by atoms with E-state index >= 15 is 0 Å². The molecule has 2 aromatic rings. The molecule has 0 aliphatic carbocycles. The summed E-state index contributed by atoms with van der Waals surface area (Å²) in [5, 5.41) is 13.2. The molecule has 2 N–H and O–H groups in total. The lowest BCUT2D eigenvalue weighted by atomic mass is 9.87. The predicted molar refractivity (Wildman–Crippen MR) is 111 cm³/mol. The molecule has 1 aromatic heterocycles. The van der Waals surface area contributed by atoms with Crippen LogP contribution in [0.5, 0.6) is 23.0 Å². The first-order chi connectivity index (χ1) is 15.3. The Balaban J connectivity index is 2.11. The molecule has 172 valence electrons. The molecule has 1 aromatic carbocycles. The quantitative estimate of drug-likeness (QED) is 0.579. The van der Waals surface area contributed by atoms with E-state index in [-0.39, 0.29) is 41.6 Å². The van der Waals surface area contributed by atoms with E-state index in [4.69, 9.17) is 23.4 Å². The molecule has 10 heteroatoms. The largest absolute Gasteiger partial charge is 0.507 e. The van der Waals surface area contributed by atoms with Gasteiger partial charge in [0.25, 0.3) is 0 Å². The van der Waals surface area contributed by atoms with Crippen molar-refractivity contribution in [2.24, 2.45) is 0 Å². The van der Waals surface area contributed by atoms with E-state index in [1.807, 2.05) is 0 Å². The number of carbonyl (C=O) groups excluding carboxylic acids is 2. The Hall–Kier alpha value is -3.69. The van der Waals surface area contributed by atoms with Gasteiger partial charge in [-0.2, -0.15) is 0 Å². The molecule has 1 fully saturated rings. The number of rotatable bonds is 8. The van der Waals surface area contributed by atoms with Crippen molar-refractivity contribution in [1.82, 2.24) is 5.32 Å². The van der Waals surface area contributed by atoms with Crippen molar-refractivity contribution in [3.8, 4) is 23.0 Å². The fourth-order valence-corrected chi connectivity index (χ4v) is 3.76. The summed E-state index contributed by atoms with van der Waals surface area (Å²) in [6.45, 7) is 1.74. The summed E-state index contributed by atoms with van der Waals surface area (Å²) >= 11 is 0. The molecule has 2 atom stereocenters. The molecule has 1 saturated heterocycles. The zero-order valence-corrected chi connectivity index (χ0v) is 18.2. The van der Waals surface area contributed by atoms with Crippen LogP contribution in [-0.2, 0) is 14.3 Å². The molecule has 3 rings (SSSR count). The van der Waals surface area contributed by atoms with Crippen molar-refractivity contribution >= 4 is 11.9 Å². The van der Waals surface area contributed by atoms with Crippen LogP contribution in [0.1, 0.15) is 35.6 Å². The van der Waals surface area contributed by atoms with Crippen molar-refractivity contribution in [3.63, 3.8) is 0 Å². The normalized spacial score (nSPS) is 16.2. The number of amides is 1. The topological polar surface area (TPSA) is 134 Å². The van der Waals surface area contributed by atoms with Gasteiger partial charge in [0, 0.05) is 30.4 Å². The number of hydrogen-bond acceptors (Lipinski definition) is 9. The zero-order valence-electron chi connectivity index (χ0n) is 18.2. The van der Waals surface area contributed by atoms with Crippen molar-refractivity contribution in [2.45, 2.75) is 31.7 Å². The standard InChI is InChI=1S/C22H25NO9/c1-11-9-15(24)18(22(27)32-11)13(10-17(25)23-14-7-8-31-21(14)26)12-5-6-16(28-2)20(30-4)19(12)29-3/h5-6,9,13-14,24H,7-8,10H2,1-4H3,(H,23,25)/t13-,14-/m1/s1. The van der Waals surface area contributed by atoms with Gasteiger partial charge in [-0.05, 0) is 13.0 Å². The van der Waals surface area contributed by atoms with E-state index in [0.717, 1.165) is 0 Å². The molecule has 0 bridgehead atoms. The van der Waals surface area contributed by atoms with Crippen LogP contribution < -0.4 is 25.2 Å². The second-order valence-corrected chi connectivity index (χ2v) is 7.20. The van der Waals surface area contributed by atoms with Crippen LogP contribution in [0.2, 0.25) is 0 Å². The molecular weight excluding hydrogens is 422 g/mol. The second kappa shape index (κ2) is 9.63. The van der Waals surface area contributed by atoms with Gasteiger partial charge in [0.2, 0.25) is 11.7 Å². The minimum atomic E-state index is -0.973. The minimum Gasteiger partial charge on any atom is -0.507 e. The summed E-state index contributed by atoms with van der Waals surface area (Å²) in [6.07, 6.45) is 0.0733. The van der Waals surface area contributed by atoms with Crippen LogP contribution in [0.4, 0.5) is 0 Å². The maximum atomic E-state index is 12.8. The maximum Gasteiger partial charge on any atom is 0.343 e. The molecule has 32 heavy (non-hydrogen) atoms. The van der Waals surface area contributed by atoms with Crippen LogP contribution in [0.3, 0.4) is 0 Å². The van der Waals surface area contributed by atoms with E-state index in [1.54, 1.807) is 12.1 Å². The zero-order chi connectivity index (χ0) is 23.4. The van der Waals surface area contributed by atoms with Crippen molar-refractivity contribution < 1.29 is 38.1 Å². The summed E-state index contributed by atoms with van der Waals surface area (Å²) in [5.74, 6) is -1.26. The third kappa shape index (κ3) is 4.48. The highest BCUT2D eigenvalue weighted by molar-refractivity contribution is 5.86. The number of hydrogen-bond donors (Lipinski definition) is 2. The summed E-state index contributed by atoms with van der Waals surface area (Å²) in [7, 11) is 4.29. The molecule has 0 radical (unpaired) electrons. The van der Waals surface area contributed by atoms with E-state index in [2.05, 4.69) is 5.32 Å². The lowest BCUT2D eigenvalue weighted by molar-refractivity contribution is -0.141. The average molecular weight is 447 g/mol. The number of ether oxygens (including phenoxy) is 4. The average Bonchev–Trinajstić information content (AvgIpc) is 3.15. The lowest BCUT2D eigenvalue weighted by Crippen LogP contribution is -2.38. The Labute approximate surface area is 184 Å². The number of methoxy groups -OCH3 is 3. The number of benzene rings is 1. The first-order valence-corrected chi connectivity index (χ1v) is 9.89. The van der Waals surface area contributed by atoms with Crippen LogP contribution in [0.15, 0.2) is 27.4 Å². The molecule has 0 spiro atoms. The highest BCUT2D eigenvalue weighted by Crippen LogP contribution is 2.45. The fraction of sp³-hybridized carbons (Fsp3) is 0.409. The Morgan fingerprint density at radius 3 is 2.47 bits per heavy atom. The summed E-state index contributed by atoms with van der Waals surface area (Å²) in [5.41, 5.74) is -0.525. The maximum absolute atomic E-state index is 12.8.